The van der Waals surface area contributed by atoms with Crippen molar-refractivity contribution in [3.05, 3.63) is 0 Å². The molecule has 2 spiro atoms. The second-order valence-electron chi connectivity index (χ2n) is 6.16. The molecule has 3 fully saturated rings. The predicted octanol–water partition coefficient (Wildman–Crippen LogP) is 3.22. The molecule has 0 atom stereocenters. The van der Waals surface area contributed by atoms with Gasteiger partial charge in [0.05, 0.1) is 5.60 Å². The van der Waals surface area contributed by atoms with Crippen molar-refractivity contribution < 1.29 is 4.74 Å². The Labute approximate surface area is 99.1 Å². The minimum Gasteiger partial charge on any atom is -0.354 e. The van der Waals surface area contributed by atoms with Gasteiger partial charge in [-0.25, -0.2) is 0 Å². The van der Waals surface area contributed by atoms with Crippen LogP contribution in [-0.4, -0.2) is 17.9 Å². The Hall–Kier alpha value is -0.0800. The molecule has 92 valence electrons. The molecular weight excluding hydrogens is 198 g/mol. The van der Waals surface area contributed by atoms with Crippen molar-refractivity contribution in [1.82, 2.24) is 5.32 Å². The van der Waals surface area contributed by atoms with Gasteiger partial charge in [0, 0.05) is 6.54 Å². The van der Waals surface area contributed by atoms with E-state index in [-0.39, 0.29) is 5.72 Å². The van der Waals surface area contributed by atoms with Gasteiger partial charge in [-0.05, 0) is 57.3 Å². The van der Waals surface area contributed by atoms with Crippen molar-refractivity contribution in [1.29, 1.82) is 0 Å². The maximum atomic E-state index is 6.52. The highest BCUT2D eigenvalue weighted by Gasteiger charge is 2.49. The molecule has 2 saturated carbocycles. The molecule has 1 aliphatic heterocycles. The minimum atomic E-state index is 0.0737. The van der Waals surface area contributed by atoms with Gasteiger partial charge in [0.25, 0.3) is 0 Å². The third-order valence-corrected chi connectivity index (χ3v) is 5.19. The maximum Gasteiger partial charge on any atom is 0.120 e. The van der Waals surface area contributed by atoms with Crippen LogP contribution < -0.4 is 5.32 Å². The first-order chi connectivity index (χ1) is 7.76. The van der Waals surface area contributed by atoms with E-state index in [1.807, 2.05) is 0 Å². The monoisotopic (exact) mass is 223 g/mol. The summed E-state index contributed by atoms with van der Waals surface area (Å²) >= 11 is 0. The molecule has 0 aromatic rings. The molecule has 2 aliphatic carbocycles. The summed E-state index contributed by atoms with van der Waals surface area (Å²) in [7, 11) is 0. The molecule has 1 saturated heterocycles. The summed E-state index contributed by atoms with van der Waals surface area (Å²) in [5, 5.41) is 3.68. The summed E-state index contributed by atoms with van der Waals surface area (Å²) in [6.07, 6.45) is 11.8. The number of hydrogen-bond donors (Lipinski definition) is 1. The van der Waals surface area contributed by atoms with Crippen LogP contribution in [0.25, 0.3) is 0 Å². The zero-order chi connectivity index (χ0) is 11.1. The van der Waals surface area contributed by atoms with Crippen LogP contribution in [0, 0.1) is 5.92 Å². The first-order valence-electron chi connectivity index (χ1n) is 7.21. The van der Waals surface area contributed by atoms with Gasteiger partial charge in [-0.1, -0.05) is 13.3 Å². The molecule has 3 rings (SSSR count). The number of nitrogens with one attached hydrogen (secondary N) is 1. The highest BCUT2D eigenvalue weighted by atomic mass is 16.5. The van der Waals surface area contributed by atoms with Crippen molar-refractivity contribution in [3.8, 4) is 0 Å². The molecule has 0 unspecified atom stereocenters. The summed E-state index contributed by atoms with van der Waals surface area (Å²) < 4.78 is 6.52. The van der Waals surface area contributed by atoms with Crippen LogP contribution in [-0.2, 0) is 4.74 Å². The maximum absolute atomic E-state index is 6.52. The smallest absolute Gasteiger partial charge is 0.120 e. The van der Waals surface area contributed by atoms with Gasteiger partial charge in [-0.3, -0.25) is 5.32 Å². The van der Waals surface area contributed by atoms with Crippen LogP contribution in [0.5, 0.6) is 0 Å². The van der Waals surface area contributed by atoms with Crippen molar-refractivity contribution in [3.63, 3.8) is 0 Å². The van der Waals surface area contributed by atoms with Gasteiger partial charge in [0.2, 0.25) is 0 Å². The molecule has 0 aromatic heterocycles. The van der Waals surface area contributed by atoms with E-state index in [1.165, 1.54) is 64.3 Å². The second kappa shape index (κ2) is 3.99. The minimum absolute atomic E-state index is 0.0737. The normalized spacial score (nSPS) is 42.2. The molecule has 0 aromatic carbocycles. The first kappa shape index (κ1) is 11.0. The molecule has 0 radical (unpaired) electrons. The fraction of sp³-hybridized carbons (Fsp3) is 1.00. The lowest BCUT2D eigenvalue weighted by molar-refractivity contribution is -0.243. The van der Waals surface area contributed by atoms with Gasteiger partial charge in [0.15, 0.2) is 0 Å². The number of rotatable bonds is 1. The molecule has 3 aliphatic rings. The summed E-state index contributed by atoms with van der Waals surface area (Å²) in [4.78, 5) is 0. The molecule has 2 nitrogen and oxygen atoms in total. The van der Waals surface area contributed by atoms with Gasteiger partial charge in [0.1, 0.15) is 5.72 Å². The highest BCUT2D eigenvalue weighted by molar-refractivity contribution is 4.99. The summed E-state index contributed by atoms with van der Waals surface area (Å²) in [6.45, 7) is 3.50. The van der Waals surface area contributed by atoms with Crippen molar-refractivity contribution in [2.45, 2.75) is 76.0 Å². The summed E-state index contributed by atoms with van der Waals surface area (Å²) in [6, 6.07) is 0. The fourth-order valence-electron chi connectivity index (χ4n) is 3.77. The lowest BCUT2D eigenvalue weighted by Crippen LogP contribution is -2.62. The zero-order valence-electron chi connectivity index (χ0n) is 10.6. The molecular formula is C14H25NO. The second-order valence-corrected chi connectivity index (χ2v) is 6.16. The topological polar surface area (TPSA) is 21.3 Å². The van der Waals surface area contributed by atoms with E-state index in [2.05, 4.69) is 12.2 Å². The van der Waals surface area contributed by atoms with Crippen molar-refractivity contribution in [2.24, 2.45) is 5.92 Å². The quantitative estimate of drug-likeness (QED) is 0.737. The van der Waals surface area contributed by atoms with Crippen LogP contribution in [0.3, 0.4) is 0 Å². The molecule has 1 heterocycles. The SMILES string of the molecule is CCC1CCC2(CC1)NCCC1(CCC1)O2. The lowest BCUT2D eigenvalue weighted by atomic mass is 9.74. The average Bonchev–Trinajstić information content (AvgIpc) is 2.28. The summed E-state index contributed by atoms with van der Waals surface area (Å²) in [5.74, 6) is 0.954. The summed E-state index contributed by atoms with van der Waals surface area (Å²) in [5.41, 5.74) is 0.370. The number of hydrogen-bond acceptors (Lipinski definition) is 2. The van der Waals surface area contributed by atoms with E-state index in [9.17, 15) is 0 Å². The molecule has 16 heavy (non-hydrogen) atoms. The fourth-order valence-corrected chi connectivity index (χ4v) is 3.77. The van der Waals surface area contributed by atoms with Crippen LogP contribution in [0.1, 0.15) is 64.7 Å². The highest BCUT2D eigenvalue weighted by Crippen LogP contribution is 2.47. The predicted molar refractivity (Wildman–Crippen MR) is 65.3 cm³/mol. The lowest BCUT2D eigenvalue weighted by Gasteiger charge is -2.55. The molecule has 0 bridgehead atoms. The molecule has 1 N–H and O–H groups in total. The first-order valence-corrected chi connectivity index (χ1v) is 7.21. The van der Waals surface area contributed by atoms with Crippen molar-refractivity contribution in [2.75, 3.05) is 6.54 Å². The van der Waals surface area contributed by atoms with Crippen LogP contribution in [0.15, 0.2) is 0 Å². The van der Waals surface area contributed by atoms with Crippen molar-refractivity contribution >= 4 is 0 Å². The third-order valence-electron chi connectivity index (χ3n) is 5.19. The Bertz CT molecular complexity index is 251. The van der Waals surface area contributed by atoms with Gasteiger partial charge >= 0.3 is 0 Å². The largest absolute Gasteiger partial charge is 0.354 e. The zero-order valence-corrected chi connectivity index (χ0v) is 10.6. The van der Waals surface area contributed by atoms with E-state index in [1.54, 1.807) is 0 Å². The Balaban J connectivity index is 1.65. The van der Waals surface area contributed by atoms with E-state index in [0.29, 0.717) is 5.60 Å². The van der Waals surface area contributed by atoms with Crippen LogP contribution >= 0.6 is 0 Å². The van der Waals surface area contributed by atoms with Gasteiger partial charge < -0.3 is 4.74 Å². The van der Waals surface area contributed by atoms with E-state index >= 15 is 0 Å². The van der Waals surface area contributed by atoms with E-state index < -0.39 is 0 Å². The molecule has 0 amide bonds. The van der Waals surface area contributed by atoms with Crippen LogP contribution in [0.4, 0.5) is 0 Å². The Morgan fingerprint density at radius 3 is 2.44 bits per heavy atom. The Kier molecular flexibility index (Phi) is 2.75. The number of ether oxygens (including phenoxy) is 1. The molecule has 2 heteroatoms. The van der Waals surface area contributed by atoms with Crippen LogP contribution in [0.2, 0.25) is 0 Å². The van der Waals surface area contributed by atoms with Gasteiger partial charge in [-0.2, -0.15) is 0 Å². The average molecular weight is 223 g/mol. The third kappa shape index (κ3) is 1.80. The Morgan fingerprint density at radius 1 is 1.12 bits per heavy atom. The van der Waals surface area contributed by atoms with Gasteiger partial charge in [-0.15, -0.1) is 0 Å². The van der Waals surface area contributed by atoms with E-state index in [4.69, 9.17) is 4.74 Å². The van der Waals surface area contributed by atoms with E-state index in [0.717, 1.165) is 5.92 Å². The Morgan fingerprint density at radius 2 is 1.88 bits per heavy atom. The standard InChI is InChI=1S/C14H25NO/c1-2-12-4-8-14(9-5-12)15-11-10-13(16-14)6-3-7-13/h12,15H,2-11H2,1H3.